The zero-order valence-corrected chi connectivity index (χ0v) is 27.4. The molecule has 0 bridgehead atoms. The molecule has 1 aliphatic carbocycles. The molecule has 1 saturated carbocycles. The van der Waals surface area contributed by atoms with Crippen LogP contribution in [-0.2, 0) is 44.1 Å². The van der Waals surface area contributed by atoms with Gasteiger partial charge in [-0.05, 0) is 80.7 Å². The van der Waals surface area contributed by atoms with Crippen LogP contribution < -0.4 is 10.1 Å². The number of ether oxygens (including phenoxy) is 1. The van der Waals surface area contributed by atoms with E-state index in [4.69, 9.17) is 24.8 Å². The fraction of sp³-hybridized carbons (Fsp3) is 0.533. The first-order valence-electron chi connectivity index (χ1n) is 14.5. The summed E-state index contributed by atoms with van der Waals surface area (Å²) in [5, 5.41) is 3.53. The summed E-state index contributed by atoms with van der Waals surface area (Å²) in [7, 11) is -1.12. The number of sulfone groups is 1. The number of benzene rings is 2. The maximum absolute atomic E-state index is 12.8. The van der Waals surface area contributed by atoms with E-state index in [1.807, 2.05) is 17.0 Å². The molecule has 3 fully saturated rings. The summed E-state index contributed by atoms with van der Waals surface area (Å²) in [5.74, 6) is 0.762. The molecule has 3 aliphatic rings. The van der Waals surface area contributed by atoms with E-state index in [1.54, 1.807) is 30.3 Å². The number of hydrogen-bond donors (Lipinski definition) is 1. The Hall–Kier alpha value is -2.84. The summed E-state index contributed by atoms with van der Waals surface area (Å²) in [6, 6.07) is 12.2. The molecule has 14 heteroatoms. The molecule has 2 amide bonds. The van der Waals surface area contributed by atoms with Crippen molar-refractivity contribution in [1.29, 1.82) is 0 Å². The molecule has 5 rings (SSSR count). The van der Waals surface area contributed by atoms with Crippen molar-refractivity contribution in [3.63, 3.8) is 0 Å². The Labute approximate surface area is 267 Å². The molecule has 240 valence electrons. The Morgan fingerprint density at radius 3 is 2.27 bits per heavy atom. The quantitative estimate of drug-likeness (QED) is 0.427. The summed E-state index contributed by atoms with van der Waals surface area (Å²) < 4.78 is 46.1. The van der Waals surface area contributed by atoms with Crippen molar-refractivity contribution in [3.05, 3.63) is 58.6 Å². The Morgan fingerprint density at radius 1 is 1.02 bits per heavy atom. The normalized spacial score (nSPS) is 19.9. The largest absolute Gasteiger partial charge is 0.489 e. The van der Waals surface area contributed by atoms with Crippen LogP contribution in [0.2, 0.25) is 5.02 Å². The number of piperidine rings is 1. The standard InChI is InChI=1S/C30H39ClN4O5S.O2S/c1-33-11-9-30(10-12-33)18-26(30)29(37)32-19-28(36)35-15-13-34(14-16-35)20-23-17-24(31)5-8-27(23)40-21-22-3-6-25(7-4-22)41(2,38)39;1-3-2/h3-8,17,26H,9-16,18-21H2,1-2H3,(H,32,37);. The van der Waals surface area contributed by atoms with E-state index < -0.39 is 21.4 Å². The predicted molar refractivity (Wildman–Crippen MR) is 166 cm³/mol. The van der Waals surface area contributed by atoms with Gasteiger partial charge < -0.3 is 19.9 Å². The van der Waals surface area contributed by atoms with Gasteiger partial charge in [0.15, 0.2) is 9.84 Å². The topological polar surface area (TPSA) is 133 Å². The van der Waals surface area contributed by atoms with E-state index >= 15 is 0 Å². The molecule has 2 heterocycles. The molecule has 2 aromatic rings. The zero-order chi connectivity index (χ0) is 31.9. The zero-order valence-electron chi connectivity index (χ0n) is 25.0. The van der Waals surface area contributed by atoms with Crippen LogP contribution in [0.25, 0.3) is 0 Å². The molecule has 44 heavy (non-hydrogen) atoms. The second-order valence-corrected chi connectivity index (χ2v) is 14.4. The van der Waals surface area contributed by atoms with Gasteiger partial charge in [-0.2, -0.15) is 8.42 Å². The number of rotatable bonds is 9. The second kappa shape index (κ2) is 15.0. The Kier molecular flexibility index (Phi) is 11.6. The first-order chi connectivity index (χ1) is 20.9. The van der Waals surface area contributed by atoms with E-state index in [1.165, 1.54) is 6.26 Å². The van der Waals surface area contributed by atoms with Crippen LogP contribution in [0.3, 0.4) is 0 Å². The maximum atomic E-state index is 12.8. The summed E-state index contributed by atoms with van der Waals surface area (Å²) in [4.78, 5) is 32.2. The summed E-state index contributed by atoms with van der Waals surface area (Å²) in [6.45, 7) is 5.66. The third kappa shape index (κ3) is 9.10. The van der Waals surface area contributed by atoms with Crippen molar-refractivity contribution in [1.82, 2.24) is 20.0 Å². The van der Waals surface area contributed by atoms with Gasteiger partial charge in [0.2, 0.25) is 11.8 Å². The Morgan fingerprint density at radius 2 is 1.66 bits per heavy atom. The van der Waals surface area contributed by atoms with Gasteiger partial charge in [0.25, 0.3) is 0 Å². The molecule has 2 aromatic carbocycles. The molecule has 1 spiro atoms. The molecular weight excluding hydrogens is 628 g/mol. The highest BCUT2D eigenvalue weighted by Crippen LogP contribution is 2.59. The number of nitrogens with one attached hydrogen (secondary N) is 1. The molecule has 2 aliphatic heterocycles. The fourth-order valence-electron chi connectivity index (χ4n) is 5.94. The second-order valence-electron chi connectivity index (χ2n) is 11.8. The minimum absolute atomic E-state index is 0.0290. The lowest BCUT2D eigenvalue weighted by Crippen LogP contribution is -2.51. The van der Waals surface area contributed by atoms with Gasteiger partial charge in [-0.25, -0.2) is 8.42 Å². The Balaban J connectivity index is 0.00000141. The van der Waals surface area contributed by atoms with Crippen molar-refractivity contribution in [3.8, 4) is 5.75 Å². The lowest BCUT2D eigenvalue weighted by atomic mass is 9.91. The lowest BCUT2D eigenvalue weighted by molar-refractivity contribution is -0.134. The smallest absolute Gasteiger partial charge is 0.335 e. The van der Waals surface area contributed by atoms with Crippen LogP contribution in [0.5, 0.6) is 5.75 Å². The molecule has 2 saturated heterocycles. The van der Waals surface area contributed by atoms with Gasteiger partial charge in [0.1, 0.15) is 12.4 Å². The number of carbonyl (C=O) groups excluding carboxylic acids is 2. The number of nitrogens with zero attached hydrogens (tertiary/aromatic N) is 3. The minimum Gasteiger partial charge on any atom is -0.489 e. The van der Waals surface area contributed by atoms with Crippen molar-refractivity contribution in [2.24, 2.45) is 11.3 Å². The van der Waals surface area contributed by atoms with Crippen LogP contribution in [0.1, 0.15) is 30.4 Å². The van der Waals surface area contributed by atoms with Crippen LogP contribution in [0, 0.1) is 11.3 Å². The van der Waals surface area contributed by atoms with Crippen molar-refractivity contribution >= 4 is 44.8 Å². The van der Waals surface area contributed by atoms with Crippen LogP contribution >= 0.6 is 11.6 Å². The number of amides is 2. The van der Waals surface area contributed by atoms with E-state index in [0.29, 0.717) is 50.1 Å². The first kappa shape index (κ1) is 34.0. The number of piperazine rings is 1. The summed E-state index contributed by atoms with van der Waals surface area (Å²) >= 11 is 5.55. The van der Waals surface area contributed by atoms with Crippen molar-refractivity contribution in [2.75, 3.05) is 59.1 Å². The van der Waals surface area contributed by atoms with Gasteiger partial charge in [0, 0.05) is 55.5 Å². The van der Waals surface area contributed by atoms with Gasteiger partial charge in [-0.3, -0.25) is 14.5 Å². The number of carbonyl (C=O) groups is 2. The third-order valence-electron chi connectivity index (χ3n) is 8.79. The molecule has 1 N–H and O–H groups in total. The molecule has 1 unspecified atom stereocenters. The van der Waals surface area contributed by atoms with E-state index in [0.717, 1.165) is 43.5 Å². The fourth-order valence-corrected chi connectivity index (χ4v) is 6.76. The number of hydrogen-bond acceptors (Lipinski definition) is 9. The molecule has 0 aromatic heterocycles. The number of halogens is 1. The number of likely N-dealkylation sites (tertiary alicyclic amines) is 1. The molecule has 1 atom stereocenters. The van der Waals surface area contributed by atoms with Crippen LogP contribution in [0.15, 0.2) is 47.4 Å². The third-order valence-corrected chi connectivity index (χ3v) is 10.2. The summed E-state index contributed by atoms with van der Waals surface area (Å²) in [5.41, 5.74) is 1.97. The van der Waals surface area contributed by atoms with E-state index in [2.05, 4.69) is 22.2 Å². The van der Waals surface area contributed by atoms with Gasteiger partial charge >= 0.3 is 11.6 Å². The maximum Gasteiger partial charge on any atom is 0.335 e. The molecule has 11 nitrogen and oxygen atoms in total. The molecule has 0 radical (unpaired) electrons. The highest BCUT2D eigenvalue weighted by Gasteiger charge is 2.58. The van der Waals surface area contributed by atoms with Gasteiger partial charge in [-0.15, -0.1) is 0 Å². The van der Waals surface area contributed by atoms with Crippen LogP contribution in [-0.4, -0.2) is 102 Å². The average molecular weight is 667 g/mol. The molecular formula is C30H39ClN4O7S2. The van der Waals surface area contributed by atoms with E-state index in [-0.39, 0.29) is 34.6 Å². The Bertz CT molecular complexity index is 1470. The minimum atomic E-state index is -3.24. The highest BCUT2D eigenvalue weighted by atomic mass is 35.5. The SMILES string of the molecule is CN1CCC2(CC1)CC2C(=O)NCC(=O)N1CCN(Cc2cc(Cl)ccc2OCc2ccc(S(C)(=O)=O)cc2)CC1.O=S=O. The van der Waals surface area contributed by atoms with Gasteiger partial charge in [0.05, 0.1) is 11.4 Å². The van der Waals surface area contributed by atoms with Crippen LogP contribution in [0.4, 0.5) is 0 Å². The predicted octanol–water partition coefficient (Wildman–Crippen LogP) is 2.14. The van der Waals surface area contributed by atoms with Crippen molar-refractivity contribution in [2.45, 2.75) is 37.3 Å². The average Bonchev–Trinajstić information content (AvgIpc) is 3.71. The lowest BCUT2D eigenvalue weighted by Gasteiger charge is -2.35. The van der Waals surface area contributed by atoms with E-state index in [9.17, 15) is 18.0 Å². The first-order valence-corrected chi connectivity index (χ1v) is 17.5. The summed E-state index contributed by atoms with van der Waals surface area (Å²) in [6.07, 6.45) is 4.26. The monoisotopic (exact) mass is 666 g/mol. The van der Waals surface area contributed by atoms with Crippen molar-refractivity contribution < 1.29 is 31.2 Å². The highest BCUT2D eigenvalue weighted by molar-refractivity contribution is 7.90. The van der Waals surface area contributed by atoms with Gasteiger partial charge in [-0.1, -0.05) is 23.7 Å².